The van der Waals surface area contributed by atoms with Gasteiger partial charge in [-0.2, -0.15) is 4.98 Å². The van der Waals surface area contributed by atoms with E-state index in [1.165, 1.54) is 0 Å². The van der Waals surface area contributed by atoms with E-state index in [-0.39, 0.29) is 12.3 Å². The van der Waals surface area contributed by atoms with Gasteiger partial charge in [-0.05, 0) is 57.6 Å². The van der Waals surface area contributed by atoms with Gasteiger partial charge in [0.2, 0.25) is 17.6 Å². The summed E-state index contributed by atoms with van der Waals surface area (Å²) in [5.74, 6) is 0.914. The lowest BCUT2D eigenvalue weighted by Gasteiger charge is -2.03. The Morgan fingerprint density at radius 1 is 1.00 bits per heavy atom. The third-order valence-electron chi connectivity index (χ3n) is 4.19. The molecule has 134 valence electrons. The summed E-state index contributed by atoms with van der Waals surface area (Å²) in [6.45, 7) is 0. The van der Waals surface area contributed by atoms with Gasteiger partial charge in [-0.25, -0.2) is 0 Å². The number of hydrogen-bond donors (Lipinski definition) is 1. The van der Waals surface area contributed by atoms with Crippen LogP contribution in [0.25, 0.3) is 22.2 Å². The van der Waals surface area contributed by atoms with Crippen LogP contribution in [0.4, 0.5) is 5.69 Å². The molecule has 0 unspecified atom stereocenters. The van der Waals surface area contributed by atoms with Crippen molar-refractivity contribution < 1.29 is 9.32 Å². The molecule has 0 fully saturated rings. The van der Waals surface area contributed by atoms with Crippen LogP contribution in [0.15, 0.2) is 71.3 Å². The Bertz CT molecular complexity index is 1080. The Hall–Kier alpha value is -2.74. The molecule has 3 aromatic carbocycles. The minimum absolute atomic E-state index is 0.0823. The van der Waals surface area contributed by atoms with Crippen molar-refractivity contribution in [1.82, 2.24) is 10.1 Å². The van der Waals surface area contributed by atoms with Crippen molar-refractivity contribution in [2.24, 2.45) is 0 Å². The van der Waals surface area contributed by atoms with Crippen LogP contribution in [0.3, 0.4) is 0 Å². The molecule has 0 radical (unpaired) electrons. The van der Waals surface area contributed by atoms with Crippen molar-refractivity contribution in [3.63, 3.8) is 0 Å². The molecule has 1 N–H and O–H groups in total. The molecule has 0 aliphatic carbocycles. The highest BCUT2D eigenvalue weighted by Gasteiger charge is 2.13. The molecular formula is C21H16IN3O2. The normalized spacial score (nSPS) is 10.9. The quantitative estimate of drug-likeness (QED) is 0.415. The van der Waals surface area contributed by atoms with Gasteiger partial charge in [0.15, 0.2) is 0 Å². The fourth-order valence-electron chi connectivity index (χ4n) is 2.86. The van der Waals surface area contributed by atoms with Gasteiger partial charge < -0.3 is 9.84 Å². The second-order valence-electron chi connectivity index (χ2n) is 6.09. The van der Waals surface area contributed by atoms with Gasteiger partial charge in [-0.1, -0.05) is 47.6 Å². The zero-order valence-electron chi connectivity index (χ0n) is 14.4. The first-order valence-electron chi connectivity index (χ1n) is 8.55. The lowest BCUT2D eigenvalue weighted by Crippen LogP contribution is -2.12. The van der Waals surface area contributed by atoms with Crippen LogP contribution < -0.4 is 5.32 Å². The standard InChI is InChI=1S/C21H16IN3O2/c22-15-8-10-16(11-9-15)23-19(26)12-13-20-24-21(25-27-20)18-7-3-5-14-4-1-2-6-17(14)18/h1-11H,12-13H2,(H,23,26). The first kappa shape index (κ1) is 17.7. The predicted molar refractivity (Wildman–Crippen MR) is 113 cm³/mol. The summed E-state index contributed by atoms with van der Waals surface area (Å²) < 4.78 is 6.46. The number of benzene rings is 3. The molecule has 4 rings (SSSR count). The van der Waals surface area contributed by atoms with E-state index in [4.69, 9.17) is 4.52 Å². The minimum Gasteiger partial charge on any atom is -0.339 e. The number of halogens is 1. The number of nitrogens with zero attached hydrogens (tertiary/aromatic N) is 2. The number of fused-ring (bicyclic) bond motifs is 1. The van der Waals surface area contributed by atoms with E-state index in [0.717, 1.165) is 25.6 Å². The molecular weight excluding hydrogens is 453 g/mol. The number of carbonyl (C=O) groups excluding carboxylic acids is 1. The van der Waals surface area contributed by atoms with Crippen molar-refractivity contribution in [1.29, 1.82) is 0 Å². The summed E-state index contributed by atoms with van der Waals surface area (Å²) in [7, 11) is 0. The smallest absolute Gasteiger partial charge is 0.227 e. The molecule has 0 aliphatic heterocycles. The number of nitrogens with one attached hydrogen (secondary N) is 1. The fraction of sp³-hybridized carbons (Fsp3) is 0.0952. The van der Waals surface area contributed by atoms with Gasteiger partial charge in [0.05, 0.1) is 0 Å². The molecule has 0 atom stereocenters. The van der Waals surface area contributed by atoms with Crippen LogP contribution in [-0.4, -0.2) is 16.0 Å². The van der Waals surface area contributed by atoms with Crippen molar-refractivity contribution in [3.8, 4) is 11.4 Å². The average molecular weight is 469 g/mol. The van der Waals surface area contributed by atoms with Crippen molar-refractivity contribution in [3.05, 3.63) is 76.2 Å². The Balaban J connectivity index is 1.43. The van der Waals surface area contributed by atoms with Gasteiger partial charge >= 0.3 is 0 Å². The molecule has 0 spiro atoms. The van der Waals surface area contributed by atoms with Crippen LogP contribution >= 0.6 is 22.6 Å². The van der Waals surface area contributed by atoms with E-state index in [1.807, 2.05) is 54.6 Å². The monoisotopic (exact) mass is 469 g/mol. The van der Waals surface area contributed by atoms with Crippen LogP contribution in [0, 0.1) is 3.57 Å². The second-order valence-corrected chi connectivity index (χ2v) is 7.34. The van der Waals surface area contributed by atoms with Crippen molar-refractivity contribution >= 4 is 45.0 Å². The van der Waals surface area contributed by atoms with E-state index < -0.39 is 0 Å². The third kappa shape index (κ3) is 4.16. The average Bonchev–Trinajstić information content (AvgIpc) is 3.17. The number of aromatic nitrogens is 2. The maximum atomic E-state index is 12.1. The fourth-order valence-corrected chi connectivity index (χ4v) is 3.22. The summed E-state index contributed by atoms with van der Waals surface area (Å²) in [5.41, 5.74) is 1.70. The molecule has 0 bridgehead atoms. The van der Waals surface area contributed by atoms with Gasteiger partial charge in [-0.3, -0.25) is 4.79 Å². The number of amides is 1. The van der Waals surface area contributed by atoms with Crippen molar-refractivity contribution in [2.45, 2.75) is 12.8 Å². The summed E-state index contributed by atoms with van der Waals surface area (Å²) in [5, 5.41) is 9.16. The number of carbonyl (C=O) groups is 1. The van der Waals surface area contributed by atoms with Crippen LogP contribution in [0.5, 0.6) is 0 Å². The number of hydrogen-bond acceptors (Lipinski definition) is 4. The Morgan fingerprint density at radius 2 is 1.78 bits per heavy atom. The Kier molecular flexibility index (Phi) is 5.15. The highest BCUT2D eigenvalue weighted by molar-refractivity contribution is 14.1. The lowest BCUT2D eigenvalue weighted by atomic mass is 10.0. The summed E-state index contributed by atoms with van der Waals surface area (Å²) >= 11 is 2.23. The van der Waals surface area contributed by atoms with Crippen LogP contribution in [-0.2, 0) is 11.2 Å². The van der Waals surface area contributed by atoms with Gasteiger partial charge in [0.25, 0.3) is 0 Å². The van der Waals surface area contributed by atoms with E-state index in [1.54, 1.807) is 0 Å². The number of rotatable bonds is 5. The zero-order valence-corrected chi connectivity index (χ0v) is 16.5. The molecule has 5 nitrogen and oxygen atoms in total. The molecule has 1 heterocycles. The van der Waals surface area contributed by atoms with Gasteiger partial charge in [-0.15, -0.1) is 0 Å². The van der Waals surface area contributed by atoms with E-state index >= 15 is 0 Å². The predicted octanol–water partition coefficient (Wildman–Crippen LogP) is 5.07. The summed E-state index contributed by atoms with van der Waals surface area (Å²) in [6, 6.07) is 21.7. The molecule has 0 saturated heterocycles. The molecule has 27 heavy (non-hydrogen) atoms. The summed E-state index contributed by atoms with van der Waals surface area (Å²) in [6.07, 6.45) is 0.678. The largest absolute Gasteiger partial charge is 0.339 e. The van der Waals surface area contributed by atoms with Crippen molar-refractivity contribution in [2.75, 3.05) is 5.32 Å². The highest BCUT2D eigenvalue weighted by atomic mass is 127. The summed E-state index contributed by atoms with van der Waals surface area (Å²) in [4.78, 5) is 16.6. The van der Waals surface area contributed by atoms with Gasteiger partial charge in [0, 0.05) is 27.7 Å². The molecule has 1 amide bonds. The molecule has 1 aromatic heterocycles. The lowest BCUT2D eigenvalue weighted by molar-refractivity contribution is -0.116. The van der Waals surface area contributed by atoms with Gasteiger partial charge in [0.1, 0.15) is 0 Å². The first-order valence-corrected chi connectivity index (χ1v) is 9.63. The minimum atomic E-state index is -0.0823. The third-order valence-corrected chi connectivity index (χ3v) is 4.91. The molecule has 0 saturated carbocycles. The van der Waals surface area contributed by atoms with Crippen LogP contribution in [0.1, 0.15) is 12.3 Å². The van der Waals surface area contributed by atoms with Crippen LogP contribution in [0.2, 0.25) is 0 Å². The number of aryl methyl sites for hydroxylation is 1. The Morgan fingerprint density at radius 3 is 2.63 bits per heavy atom. The van der Waals surface area contributed by atoms with E-state index in [9.17, 15) is 4.79 Å². The highest BCUT2D eigenvalue weighted by Crippen LogP contribution is 2.26. The SMILES string of the molecule is O=C(CCc1nc(-c2cccc3ccccc23)no1)Nc1ccc(I)cc1. The number of anilines is 1. The van der Waals surface area contributed by atoms with E-state index in [0.29, 0.717) is 18.1 Å². The second kappa shape index (κ2) is 7.87. The molecule has 0 aliphatic rings. The topological polar surface area (TPSA) is 68.0 Å². The Labute approximate surface area is 169 Å². The zero-order chi connectivity index (χ0) is 18.6. The molecule has 4 aromatic rings. The first-order chi connectivity index (χ1) is 13.2. The maximum absolute atomic E-state index is 12.1. The maximum Gasteiger partial charge on any atom is 0.227 e. The molecule has 6 heteroatoms. The van der Waals surface area contributed by atoms with E-state index in [2.05, 4.69) is 50.2 Å².